The number of imidazole rings is 1. The van der Waals surface area contributed by atoms with Crippen molar-refractivity contribution in [3.8, 4) is 11.4 Å². The van der Waals surface area contributed by atoms with Gasteiger partial charge in [0.1, 0.15) is 17.2 Å². The number of amides is 1. The van der Waals surface area contributed by atoms with Crippen molar-refractivity contribution in [3.05, 3.63) is 47.8 Å². The molecule has 0 atom stereocenters. The number of benzene rings is 2. The van der Waals surface area contributed by atoms with E-state index >= 15 is 0 Å². The third-order valence-electron chi connectivity index (χ3n) is 6.09. The number of aryl methyl sites for hydroxylation is 1. The van der Waals surface area contributed by atoms with Crippen LogP contribution < -0.4 is 4.90 Å². The van der Waals surface area contributed by atoms with Crippen molar-refractivity contribution in [3.63, 3.8) is 0 Å². The lowest BCUT2D eigenvalue weighted by Crippen LogP contribution is -2.50. The number of hydrogen-bond donors (Lipinski definition) is 0. The highest BCUT2D eigenvalue weighted by molar-refractivity contribution is 6.08. The van der Waals surface area contributed by atoms with E-state index in [1.165, 1.54) is 12.1 Å². The number of anilines is 1. The summed E-state index contributed by atoms with van der Waals surface area (Å²) in [6.45, 7) is 8.81. The number of Topliss-reactive ketones (excluding diaryl/α,β-unsaturated/α-hetero) is 1. The maximum absolute atomic E-state index is 14.0. The van der Waals surface area contributed by atoms with Crippen molar-refractivity contribution in [1.82, 2.24) is 14.5 Å². The maximum atomic E-state index is 14.0. The van der Waals surface area contributed by atoms with E-state index in [-0.39, 0.29) is 11.9 Å². The minimum Gasteiger partial charge on any atom is -0.444 e. The van der Waals surface area contributed by atoms with Gasteiger partial charge in [0.15, 0.2) is 5.78 Å². The molecule has 0 radical (unpaired) electrons. The molecule has 2 aliphatic heterocycles. The van der Waals surface area contributed by atoms with Crippen LogP contribution in [-0.2, 0) is 11.3 Å². The van der Waals surface area contributed by atoms with Gasteiger partial charge < -0.3 is 19.1 Å². The Morgan fingerprint density at radius 2 is 1.73 bits per heavy atom. The Kier molecular flexibility index (Phi) is 5.11. The fourth-order valence-electron chi connectivity index (χ4n) is 4.53. The average Bonchev–Trinajstić information content (AvgIpc) is 3.14. The van der Waals surface area contributed by atoms with Gasteiger partial charge in [-0.15, -0.1) is 0 Å². The lowest BCUT2D eigenvalue weighted by atomic mass is 10.0. The van der Waals surface area contributed by atoms with Crippen LogP contribution in [0.5, 0.6) is 0 Å². The number of piperazine rings is 1. The van der Waals surface area contributed by atoms with Crippen LogP contribution in [0.3, 0.4) is 0 Å². The summed E-state index contributed by atoms with van der Waals surface area (Å²) in [4.78, 5) is 33.2. The molecule has 3 aromatic rings. The summed E-state index contributed by atoms with van der Waals surface area (Å²) < 4.78 is 21.5. The topological polar surface area (TPSA) is 67.7 Å². The normalized spacial score (nSPS) is 16.4. The first-order valence-electron chi connectivity index (χ1n) is 11.3. The molecule has 8 heteroatoms. The molecule has 0 aliphatic carbocycles. The third kappa shape index (κ3) is 4.05. The zero-order valence-corrected chi connectivity index (χ0v) is 19.1. The highest BCUT2D eigenvalue weighted by Gasteiger charge is 2.27. The van der Waals surface area contributed by atoms with Gasteiger partial charge in [0.05, 0.1) is 11.0 Å². The van der Waals surface area contributed by atoms with Crippen LogP contribution in [0.2, 0.25) is 0 Å². The van der Waals surface area contributed by atoms with E-state index in [1.54, 1.807) is 4.90 Å². The molecule has 172 valence electrons. The van der Waals surface area contributed by atoms with Gasteiger partial charge in [-0.25, -0.2) is 14.2 Å². The van der Waals surface area contributed by atoms with E-state index in [1.807, 2.05) is 49.6 Å². The third-order valence-corrected chi connectivity index (χ3v) is 6.09. The molecule has 0 saturated carbocycles. The summed E-state index contributed by atoms with van der Waals surface area (Å²) in [5.74, 6) is 0.259. The van der Waals surface area contributed by atoms with Crippen LogP contribution in [0.4, 0.5) is 14.9 Å². The van der Waals surface area contributed by atoms with Gasteiger partial charge in [-0.2, -0.15) is 0 Å². The molecule has 0 unspecified atom stereocenters. The first-order valence-corrected chi connectivity index (χ1v) is 11.3. The molecule has 7 nitrogen and oxygen atoms in total. The molecule has 0 N–H and O–H groups in total. The van der Waals surface area contributed by atoms with Crippen LogP contribution in [0.15, 0.2) is 36.4 Å². The Morgan fingerprint density at radius 1 is 1.03 bits per heavy atom. The van der Waals surface area contributed by atoms with Gasteiger partial charge in [0.25, 0.3) is 0 Å². The smallest absolute Gasteiger partial charge is 0.410 e. The summed E-state index contributed by atoms with van der Waals surface area (Å²) in [5, 5.41) is 0. The van der Waals surface area contributed by atoms with Crippen LogP contribution in [0.1, 0.15) is 37.6 Å². The Hall–Kier alpha value is -3.42. The molecule has 1 saturated heterocycles. The van der Waals surface area contributed by atoms with Crippen LogP contribution >= 0.6 is 0 Å². The monoisotopic (exact) mass is 450 g/mol. The predicted octanol–water partition coefficient (Wildman–Crippen LogP) is 4.49. The van der Waals surface area contributed by atoms with Crippen molar-refractivity contribution in [2.75, 3.05) is 31.1 Å². The van der Waals surface area contributed by atoms with Gasteiger partial charge in [-0.1, -0.05) is 0 Å². The highest BCUT2D eigenvalue weighted by Crippen LogP contribution is 2.33. The first kappa shape index (κ1) is 21.4. The molecule has 1 aromatic heterocycles. The number of ketones is 1. The standard InChI is InChI=1S/C25H27FN4O3/c1-25(2,3)33-24(32)29-12-10-28(11-13-29)18-6-4-16(5-7-18)23-27-20-15-17(26)14-19-21(31)8-9-30(23)22(19)20/h4-7,14-15H,8-13H2,1-3H3. The molecule has 2 aliphatic rings. The van der Waals surface area contributed by atoms with E-state index in [0.717, 1.165) is 30.2 Å². The summed E-state index contributed by atoms with van der Waals surface area (Å²) in [5.41, 5.74) is 3.12. The SMILES string of the molecule is CC(C)(C)OC(=O)N1CCN(c2ccc(-c3nc4cc(F)cc5c4n3CCC5=O)cc2)CC1. The van der Waals surface area contributed by atoms with Gasteiger partial charge in [-0.3, -0.25) is 4.79 Å². The van der Waals surface area contributed by atoms with Crippen molar-refractivity contribution < 1.29 is 18.7 Å². The van der Waals surface area contributed by atoms with E-state index in [0.29, 0.717) is 42.7 Å². The molecular formula is C25H27FN4O3. The van der Waals surface area contributed by atoms with Gasteiger partial charge in [-0.05, 0) is 51.1 Å². The minimum atomic E-state index is -0.499. The number of carbonyl (C=O) groups excluding carboxylic acids is 2. The molecule has 2 aromatic carbocycles. The zero-order valence-electron chi connectivity index (χ0n) is 19.1. The van der Waals surface area contributed by atoms with Crippen molar-refractivity contribution in [1.29, 1.82) is 0 Å². The fourth-order valence-corrected chi connectivity index (χ4v) is 4.53. The summed E-state index contributed by atoms with van der Waals surface area (Å²) in [6.07, 6.45) is 0.0710. The van der Waals surface area contributed by atoms with Gasteiger partial charge in [0.2, 0.25) is 0 Å². The molecule has 33 heavy (non-hydrogen) atoms. The average molecular weight is 451 g/mol. The second-order valence-corrected chi connectivity index (χ2v) is 9.58. The van der Waals surface area contributed by atoms with Crippen molar-refractivity contribution in [2.45, 2.75) is 39.3 Å². The molecule has 5 rings (SSSR count). The Balaban J connectivity index is 1.34. The van der Waals surface area contributed by atoms with Gasteiger partial charge in [0, 0.05) is 62.0 Å². The number of rotatable bonds is 2. The van der Waals surface area contributed by atoms with E-state index in [4.69, 9.17) is 4.74 Å². The van der Waals surface area contributed by atoms with Crippen molar-refractivity contribution >= 4 is 28.6 Å². The molecule has 3 heterocycles. The minimum absolute atomic E-state index is 0.0423. The summed E-state index contributed by atoms with van der Waals surface area (Å²) in [7, 11) is 0. The molecule has 1 fully saturated rings. The second kappa shape index (κ2) is 7.86. The number of halogens is 1. The molecular weight excluding hydrogens is 423 g/mol. The van der Waals surface area contributed by atoms with E-state index < -0.39 is 11.4 Å². The highest BCUT2D eigenvalue weighted by atomic mass is 19.1. The largest absolute Gasteiger partial charge is 0.444 e. The lowest BCUT2D eigenvalue weighted by Gasteiger charge is -2.36. The van der Waals surface area contributed by atoms with Crippen LogP contribution in [-0.4, -0.2) is 58.1 Å². The summed E-state index contributed by atoms with van der Waals surface area (Å²) in [6, 6.07) is 10.8. The Morgan fingerprint density at radius 3 is 2.39 bits per heavy atom. The van der Waals surface area contributed by atoms with E-state index in [2.05, 4.69) is 9.88 Å². The van der Waals surface area contributed by atoms with Crippen LogP contribution in [0, 0.1) is 5.82 Å². The van der Waals surface area contributed by atoms with Crippen molar-refractivity contribution in [2.24, 2.45) is 0 Å². The number of hydrogen-bond acceptors (Lipinski definition) is 5. The predicted molar refractivity (Wildman–Crippen MR) is 124 cm³/mol. The number of ether oxygens (including phenoxy) is 1. The first-order chi connectivity index (χ1) is 15.7. The van der Waals surface area contributed by atoms with Gasteiger partial charge >= 0.3 is 6.09 Å². The molecule has 0 bridgehead atoms. The maximum Gasteiger partial charge on any atom is 0.410 e. The summed E-state index contributed by atoms with van der Waals surface area (Å²) >= 11 is 0. The fraction of sp³-hybridized carbons (Fsp3) is 0.400. The Bertz CT molecular complexity index is 1240. The van der Waals surface area contributed by atoms with Crippen LogP contribution in [0.25, 0.3) is 22.4 Å². The zero-order chi connectivity index (χ0) is 23.3. The second-order valence-electron chi connectivity index (χ2n) is 9.58. The molecule has 0 spiro atoms. The number of nitrogens with zero attached hydrogens (tertiary/aromatic N) is 4. The number of carbonyl (C=O) groups is 2. The quantitative estimate of drug-likeness (QED) is 0.576. The lowest BCUT2D eigenvalue weighted by molar-refractivity contribution is 0.0240. The molecule has 1 amide bonds. The number of aromatic nitrogens is 2. The Labute approximate surface area is 191 Å². The van der Waals surface area contributed by atoms with E-state index in [9.17, 15) is 14.0 Å².